The standard InChI is InChI=1S/C11H14N2O6/c1-18-9-6-8(13(16)17)10(19-2)5-7(9)3-4-12-11(14)15/h5-6,12H,3-4H2,1-2H3,(H,14,15). The van der Waals surface area contributed by atoms with Gasteiger partial charge in [0.2, 0.25) is 0 Å². The number of nitro benzene ring substituents is 1. The van der Waals surface area contributed by atoms with Crippen molar-refractivity contribution in [1.82, 2.24) is 5.32 Å². The minimum Gasteiger partial charge on any atom is -0.496 e. The molecule has 1 rings (SSSR count). The molecular weight excluding hydrogens is 256 g/mol. The van der Waals surface area contributed by atoms with Crippen LogP contribution in [0.15, 0.2) is 12.1 Å². The van der Waals surface area contributed by atoms with E-state index in [0.717, 1.165) is 0 Å². The van der Waals surface area contributed by atoms with Crippen LogP contribution in [0.2, 0.25) is 0 Å². The number of nitrogens with one attached hydrogen (secondary N) is 1. The first-order valence-corrected chi connectivity index (χ1v) is 5.35. The van der Waals surface area contributed by atoms with E-state index in [9.17, 15) is 14.9 Å². The molecule has 0 bridgehead atoms. The molecule has 1 aromatic carbocycles. The second-order valence-corrected chi connectivity index (χ2v) is 3.57. The molecule has 0 saturated carbocycles. The van der Waals surface area contributed by atoms with E-state index < -0.39 is 11.0 Å². The molecule has 1 aromatic rings. The highest BCUT2D eigenvalue weighted by molar-refractivity contribution is 5.64. The van der Waals surface area contributed by atoms with Gasteiger partial charge in [0, 0.05) is 12.1 Å². The van der Waals surface area contributed by atoms with Gasteiger partial charge < -0.3 is 19.9 Å². The van der Waals surface area contributed by atoms with Crippen LogP contribution in [-0.4, -0.2) is 36.9 Å². The Morgan fingerprint density at radius 1 is 1.37 bits per heavy atom. The number of nitro groups is 1. The summed E-state index contributed by atoms with van der Waals surface area (Å²) in [5.74, 6) is 0.427. The summed E-state index contributed by atoms with van der Waals surface area (Å²) in [5, 5.41) is 21.5. The van der Waals surface area contributed by atoms with Crippen LogP contribution in [0.5, 0.6) is 11.5 Å². The van der Waals surface area contributed by atoms with Gasteiger partial charge in [0.15, 0.2) is 5.75 Å². The predicted molar refractivity (Wildman–Crippen MR) is 65.9 cm³/mol. The van der Waals surface area contributed by atoms with Gasteiger partial charge in [-0.25, -0.2) is 4.79 Å². The lowest BCUT2D eigenvalue weighted by Gasteiger charge is -2.11. The summed E-state index contributed by atoms with van der Waals surface area (Å²) in [4.78, 5) is 20.6. The summed E-state index contributed by atoms with van der Waals surface area (Å²) < 4.78 is 10.00. The summed E-state index contributed by atoms with van der Waals surface area (Å²) in [7, 11) is 2.72. The van der Waals surface area contributed by atoms with Crippen molar-refractivity contribution in [3.05, 3.63) is 27.8 Å². The Hall–Kier alpha value is -2.51. The van der Waals surface area contributed by atoms with E-state index in [1.807, 2.05) is 0 Å². The molecule has 0 spiro atoms. The number of methoxy groups -OCH3 is 2. The van der Waals surface area contributed by atoms with E-state index in [2.05, 4.69) is 5.32 Å². The zero-order chi connectivity index (χ0) is 14.4. The van der Waals surface area contributed by atoms with E-state index in [1.54, 1.807) is 0 Å². The summed E-state index contributed by atoms with van der Waals surface area (Å²) in [6.07, 6.45) is -0.794. The highest BCUT2D eigenvalue weighted by atomic mass is 16.6. The highest BCUT2D eigenvalue weighted by Gasteiger charge is 2.19. The maximum absolute atomic E-state index is 10.8. The van der Waals surface area contributed by atoms with Crippen molar-refractivity contribution in [2.24, 2.45) is 0 Å². The molecule has 0 atom stereocenters. The Balaban J connectivity index is 3.02. The molecule has 2 N–H and O–H groups in total. The Kier molecular flexibility index (Phi) is 4.92. The van der Waals surface area contributed by atoms with Crippen molar-refractivity contribution in [1.29, 1.82) is 0 Å². The Bertz CT molecular complexity index is 488. The van der Waals surface area contributed by atoms with Crippen molar-refractivity contribution in [2.45, 2.75) is 6.42 Å². The van der Waals surface area contributed by atoms with Crippen LogP contribution in [0.4, 0.5) is 10.5 Å². The number of ether oxygens (including phenoxy) is 2. The molecule has 0 aliphatic carbocycles. The predicted octanol–water partition coefficient (Wildman–Crippen LogP) is 1.42. The molecule has 0 aromatic heterocycles. The van der Waals surface area contributed by atoms with Gasteiger partial charge in [0.1, 0.15) is 5.75 Å². The lowest BCUT2D eigenvalue weighted by atomic mass is 10.1. The van der Waals surface area contributed by atoms with Crippen LogP contribution in [0, 0.1) is 10.1 Å². The molecule has 0 unspecified atom stereocenters. The van der Waals surface area contributed by atoms with Gasteiger partial charge in [-0.3, -0.25) is 10.1 Å². The summed E-state index contributed by atoms with van der Waals surface area (Å²) >= 11 is 0. The minimum absolute atomic E-state index is 0.108. The first kappa shape index (κ1) is 14.6. The SMILES string of the molecule is COc1cc([N+](=O)[O-])c(OC)cc1CCNC(=O)O. The topological polar surface area (TPSA) is 111 Å². The Morgan fingerprint density at radius 3 is 2.47 bits per heavy atom. The number of hydrogen-bond donors (Lipinski definition) is 2. The number of carbonyl (C=O) groups is 1. The number of nitrogens with zero attached hydrogens (tertiary/aromatic N) is 1. The Morgan fingerprint density at radius 2 is 2.00 bits per heavy atom. The molecule has 0 radical (unpaired) electrons. The number of amides is 1. The third-order valence-corrected chi connectivity index (χ3v) is 2.45. The van der Waals surface area contributed by atoms with Crippen molar-refractivity contribution < 1.29 is 24.3 Å². The smallest absolute Gasteiger partial charge is 0.404 e. The lowest BCUT2D eigenvalue weighted by molar-refractivity contribution is -0.385. The number of rotatable bonds is 6. The van der Waals surface area contributed by atoms with Crippen LogP contribution in [0.1, 0.15) is 5.56 Å². The van der Waals surface area contributed by atoms with E-state index >= 15 is 0 Å². The average Bonchev–Trinajstić information content (AvgIpc) is 2.37. The largest absolute Gasteiger partial charge is 0.496 e. The Labute approximate surface area is 109 Å². The number of benzene rings is 1. The average molecular weight is 270 g/mol. The molecule has 1 amide bonds. The molecule has 0 aliphatic rings. The lowest BCUT2D eigenvalue weighted by Crippen LogP contribution is -2.23. The zero-order valence-corrected chi connectivity index (χ0v) is 10.5. The van der Waals surface area contributed by atoms with Crippen LogP contribution in [-0.2, 0) is 6.42 Å². The van der Waals surface area contributed by atoms with Crippen molar-refractivity contribution >= 4 is 11.8 Å². The van der Waals surface area contributed by atoms with Crippen LogP contribution < -0.4 is 14.8 Å². The third-order valence-electron chi connectivity index (χ3n) is 2.45. The summed E-state index contributed by atoms with van der Waals surface area (Å²) in [6, 6.07) is 2.73. The first-order chi connectivity index (χ1) is 8.99. The van der Waals surface area contributed by atoms with E-state index in [0.29, 0.717) is 17.7 Å². The van der Waals surface area contributed by atoms with E-state index in [1.165, 1.54) is 26.4 Å². The van der Waals surface area contributed by atoms with Gasteiger partial charge in [-0.15, -0.1) is 0 Å². The molecule has 0 heterocycles. The zero-order valence-electron chi connectivity index (χ0n) is 10.5. The maximum atomic E-state index is 10.8. The molecule has 0 fully saturated rings. The van der Waals surface area contributed by atoms with Crippen molar-refractivity contribution in [3.63, 3.8) is 0 Å². The molecular formula is C11H14N2O6. The molecule has 8 heteroatoms. The van der Waals surface area contributed by atoms with Crippen molar-refractivity contribution in [3.8, 4) is 11.5 Å². The third kappa shape index (κ3) is 3.73. The van der Waals surface area contributed by atoms with Gasteiger partial charge in [0.05, 0.1) is 25.2 Å². The van der Waals surface area contributed by atoms with Gasteiger partial charge in [-0.05, 0) is 12.5 Å². The van der Waals surface area contributed by atoms with Gasteiger partial charge in [-0.1, -0.05) is 0 Å². The quantitative estimate of drug-likeness (QED) is 0.597. The molecule has 0 aliphatic heterocycles. The highest BCUT2D eigenvalue weighted by Crippen LogP contribution is 2.34. The normalized spacial score (nSPS) is 9.79. The fourth-order valence-electron chi connectivity index (χ4n) is 1.59. The molecule has 19 heavy (non-hydrogen) atoms. The number of hydrogen-bond acceptors (Lipinski definition) is 5. The van der Waals surface area contributed by atoms with E-state index in [-0.39, 0.29) is 18.0 Å². The summed E-state index contributed by atoms with van der Waals surface area (Å²) in [6.45, 7) is 0.173. The van der Waals surface area contributed by atoms with Gasteiger partial charge >= 0.3 is 11.8 Å². The minimum atomic E-state index is -1.13. The molecule has 104 valence electrons. The monoisotopic (exact) mass is 270 g/mol. The number of carboxylic acid groups (broad SMARTS) is 1. The van der Waals surface area contributed by atoms with Crippen LogP contribution in [0.3, 0.4) is 0 Å². The van der Waals surface area contributed by atoms with Crippen molar-refractivity contribution in [2.75, 3.05) is 20.8 Å². The van der Waals surface area contributed by atoms with Gasteiger partial charge in [-0.2, -0.15) is 0 Å². The van der Waals surface area contributed by atoms with E-state index in [4.69, 9.17) is 14.6 Å². The fourth-order valence-corrected chi connectivity index (χ4v) is 1.59. The van der Waals surface area contributed by atoms with Crippen LogP contribution in [0.25, 0.3) is 0 Å². The van der Waals surface area contributed by atoms with Gasteiger partial charge in [0.25, 0.3) is 0 Å². The van der Waals surface area contributed by atoms with Crippen LogP contribution >= 0.6 is 0 Å². The summed E-state index contributed by atoms with van der Waals surface area (Å²) in [5.41, 5.74) is 0.424. The second-order valence-electron chi connectivity index (χ2n) is 3.57. The maximum Gasteiger partial charge on any atom is 0.404 e. The fraction of sp³-hybridized carbons (Fsp3) is 0.364. The second kappa shape index (κ2) is 6.43. The molecule has 0 saturated heterocycles. The first-order valence-electron chi connectivity index (χ1n) is 5.35. The molecule has 8 nitrogen and oxygen atoms in total.